The van der Waals surface area contributed by atoms with Gasteiger partial charge in [-0.1, -0.05) is 95.7 Å². The van der Waals surface area contributed by atoms with Crippen LogP contribution >= 0.6 is 0 Å². The molecule has 0 heterocycles. The minimum absolute atomic E-state index is 0.303. The molecule has 0 aromatic heterocycles. The molecule has 0 N–H and O–H groups in total. The number of fused-ring (bicyclic) bond motifs is 2. The molecule has 4 atom stereocenters. The van der Waals surface area contributed by atoms with Crippen molar-refractivity contribution in [1.82, 2.24) is 0 Å². The molecule has 8 aliphatic carbocycles. The molecule has 4 unspecified atom stereocenters. The lowest BCUT2D eigenvalue weighted by atomic mass is 9.42. The van der Waals surface area contributed by atoms with Crippen LogP contribution in [0.4, 0.5) is 0 Å². The van der Waals surface area contributed by atoms with E-state index in [1.807, 2.05) is 5.57 Å². The fourth-order valence-corrected chi connectivity index (χ4v) is 9.44. The van der Waals surface area contributed by atoms with Crippen LogP contribution in [0.5, 0.6) is 0 Å². The van der Waals surface area contributed by atoms with Gasteiger partial charge < -0.3 is 0 Å². The van der Waals surface area contributed by atoms with E-state index in [1.165, 1.54) is 68.9 Å². The van der Waals surface area contributed by atoms with Gasteiger partial charge in [0.1, 0.15) is 0 Å². The minimum atomic E-state index is 0.303. The molecular formula is C38H37. The van der Waals surface area contributed by atoms with Crippen LogP contribution < -0.4 is 0 Å². The summed E-state index contributed by atoms with van der Waals surface area (Å²) in [5.41, 5.74) is 15.0. The first kappa shape index (κ1) is 23.1. The van der Waals surface area contributed by atoms with Gasteiger partial charge in [-0.05, 0) is 108 Å². The van der Waals surface area contributed by atoms with Gasteiger partial charge >= 0.3 is 0 Å². The summed E-state index contributed by atoms with van der Waals surface area (Å²) in [5, 5.41) is 0. The largest absolute Gasteiger partial charge is 0.0802 e. The van der Waals surface area contributed by atoms with E-state index >= 15 is 0 Å². The van der Waals surface area contributed by atoms with Gasteiger partial charge in [0.25, 0.3) is 0 Å². The Morgan fingerprint density at radius 1 is 0.737 bits per heavy atom. The van der Waals surface area contributed by atoms with Crippen LogP contribution in [0.2, 0.25) is 0 Å². The summed E-state index contributed by atoms with van der Waals surface area (Å²) in [4.78, 5) is 0. The van der Waals surface area contributed by atoms with Crippen molar-refractivity contribution in [2.24, 2.45) is 23.2 Å². The summed E-state index contributed by atoms with van der Waals surface area (Å²) in [6.07, 6.45) is 48.9. The quantitative estimate of drug-likeness (QED) is 0.367. The van der Waals surface area contributed by atoms with Crippen LogP contribution in [0.3, 0.4) is 0 Å². The monoisotopic (exact) mass is 493 g/mol. The highest BCUT2D eigenvalue weighted by Gasteiger charge is 2.60. The molecule has 8 rings (SSSR count). The molecule has 0 nitrogen and oxygen atoms in total. The second-order valence-electron chi connectivity index (χ2n) is 12.5. The van der Waals surface area contributed by atoms with E-state index in [4.69, 9.17) is 0 Å². The molecule has 0 aliphatic heterocycles. The first-order chi connectivity index (χ1) is 18.8. The van der Waals surface area contributed by atoms with Gasteiger partial charge in [0, 0.05) is 25.2 Å². The third kappa shape index (κ3) is 3.48. The van der Waals surface area contributed by atoms with Crippen LogP contribution in [0.25, 0.3) is 0 Å². The highest BCUT2D eigenvalue weighted by Crippen LogP contribution is 2.70. The summed E-state index contributed by atoms with van der Waals surface area (Å²) >= 11 is 0. The van der Waals surface area contributed by atoms with Gasteiger partial charge in [-0.3, -0.25) is 0 Å². The summed E-state index contributed by atoms with van der Waals surface area (Å²) in [6.45, 7) is 0. The van der Waals surface area contributed by atoms with Crippen LogP contribution in [-0.2, 0) is 0 Å². The van der Waals surface area contributed by atoms with Gasteiger partial charge in [0.15, 0.2) is 0 Å². The van der Waals surface area contributed by atoms with Gasteiger partial charge in [0.2, 0.25) is 0 Å². The van der Waals surface area contributed by atoms with E-state index in [0.29, 0.717) is 23.2 Å². The normalized spacial score (nSPS) is 37.1. The van der Waals surface area contributed by atoms with E-state index in [-0.39, 0.29) is 0 Å². The molecular weight excluding hydrogens is 456 g/mol. The molecule has 3 radical (unpaired) electrons. The summed E-state index contributed by atoms with van der Waals surface area (Å²) in [5.74, 6) is 1.82. The van der Waals surface area contributed by atoms with Crippen molar-refractivity contribution in [2.75, 3.05) is 0 Å². The zero-order valence-corrected chi connectivity index (χ0v) is 22.3. The fourth-order valence-electron chi connectivity index (χ4n) is 9.44. The maximum atomic E-state index is 2.58. The molecule has 1 saturated carbocycles. The topological polar surface area (TPSA) is 0 Å². The molecule has 0 bridgehead atoms. The van der Waals surface area contributed by atoms with Crippen molar-refractivity contribution in [3.63, 3.8) is 0 Å². The predicted octanol–water partition coefficient (Wildman–Crippen LogP) is 9.50. The SMILES string of the molecule is [CH]1C=CC(C2CC3=C(CCC/C3=C/C3=CC=C[CH]3)C3C4=C(C=CC4)CC4/C(=C/C5=CC=C[CH]5)CCCC234)=C1. The lowest BCUT2D eigenvalue weighted by Crippen LogP contribution is -2.53. The van der Waals surface area contributed by atoms with Gasteiger partial charge in [0.05, 0.1) is 0 Å². The highest BCUT2D eigenvalue weighted by molar-refractivity contribution is 5.57. The van der Waals surface area contributed by atoms with Crippen LogP contribution in [0, 0.1) is 42.4 Å². The summed E-state index contributed by atoms with van der Waals surface area (Å²) in [7, 11) is 0. The van der Waals surface area contributed by atoms with E-state index in [9.17, 15) is 0 Å². The van der Waals surface area contributed by atoms with E-state index < -0.39 is 0 Å². The number of hydrogen-bond acceptors (Lipinski definition) is 0. The lowest BCUT2D eigenvalue weighted by molar-refractivity contribution is 0.0153. The third-order valence-electron chi connectivity index (χ3n) is 10.8. The van der Waals surface area contributed by atoms with Crippen molar-refractivity contribution in [3.05, 3.63) is 148 Å². The lowest BCUT2D eigenvalue weighted by Gasteiger charge is -2.62. The van der Waals surface area contributed by atoms with Crippen LogP contribution in [0.15, 0.2) is 129 Å². The molecule has 0 heteroatoms. The summed E-state index contributed by atoms with van der Waals surface area (Å²) < 4.78 is 0. The Morgan fingerprint density at radius 3 is 2.39 bits per heavy atom. The number of hydrogen-bond donors (Lipinski definition) is 0. The Morgan fingerprint density at radius 2 is 1.61 bits per heavy atom. The molecule has 0 saturated heterocycles. The smallest absolute Gasteiger partial charge is 0.0125 e. The van der Waals surface area contributed by atoms with Crippen LogP contribution in [0.1, 0.15) is 57.8 Å². The number of allylic oxidation sites excluding steroid dienone is 22. The molecule has 0 aromatic carbocycles. The molecule has 189 valence electrons. The standard InChI is InChI=1S/C38H37/c1-2-11-26(10-1)22-29-16-8-20-33-34(29)25-36(28-14-5-6-15-28)38-21-9-18-31(23-27-12-3-4-13-27)35(38)24-30-17-7-19-32(30)37(33)38/h1-7,10-15,17,22-23,35-37H,8-9,16,18-21,24-25H2/b29-22-,31-23+. The maximum absolute atomic E-state index is 2.58. The summed E-state index contributed by atoms with van der Waals surface area (Å²) in [6, 6.07) is 0. The van der Waals surface area contributed by atoms with Crippen molar-refractivity contribution >= 4 is 0 Å². The Hall–Kier alpha value is -2.86. The van der Waals surface area contributed by atoms with Gasteiger partial charge in [-0.25, -0.2) is 0 Å². The Balaban J connectivity index is 1.33. The van der Waals surface area contributed by atoms with Crippen LogP contribution in [-0.4, -0.2) is 0 Å². The zero-order valence-electron chi connectivity index (χ0n) is 22.3. The van der Waals surface area contributed by atoms with Gasteiger partial charge in [-0.15, -0.1) is 0 Å². The van der Waals surface area contributed by atoms with E-state index in [2.05, 4.69) is 98.3 Å². The second-order valence-corrected chi connectivity index (χ2v) is 12.5. The van der Waals surface area contributed by atoms with Crippen molar-refractivity contribution in [3.8, 4) is 0 Å². The van der Waals surface area contributed by atoms with Crippen molar-refractivity contribution in [2.45, 2.75) is 57.8 Å². The van der Waals surface area contributed by atoms with E-state index in [0.717, 1.165) is 0 Å². The van der Waals surface area contributed by atoms with Gasteiger partial charge in [-0.2, -0.15) is 0 Å². The molecule has 8 aliphatic rings. The van der Waals surface area contributed by atoms with E-state index in [1.54, 1.807) is 33.4 Å². The third-order valence-corrected chi connectivity index (χ3v) is 10.8. The second kappa shape index (κ2) is 9.11. The van der Waals surface area contributed by atoms with Crippen molar-refractivity contribution < 1.29 is 0 Å². The fraction of sp³-hybridized carbons (Fsp3) is 0.342. The van der Waals surface area contributed by atoms with Crippen molar-refractivity contribution in [1.29, 1.82) is 0 Å². The molecule has 38 heavy (non-hydrogen) atoms. The Kier molecular flexibility index (Phi) is 5.53. The molecule has 1 fully saturated rings. The number of rotatable bonds is 3. The minimum Gasteiger partial charge on any atom is -0.0802 e. The first-order valence-corrected chi connectivity index (χ1v) is 15.0. The first-order valence-electron chi connectivity index (χ1n) is 15.0. The Labute approximate surface area is 229 Å². The molecule has 0 amide bonds. The average Bonchev–Trinajstić information content (AvgIpc) is 3.75. The molecule has 1 spiro atoms. The predicted molar refractivity (Wildman–Crippen MR) is 158 cm³/mol. The zero-order chi connectivity index (χ0) is 25.1. The molecule has 0 aromatic rings. The highest BCUT2D eigenvalue weighted by atomic mass is 14.6. The Bertz CT molecular complexity index is 1410. The maximum Gasteiger partial charge on any atom is 0.0125 e. The average molecular weight is 494 g/mol.